The van der Waals surface area contributed by atoms with Crippen LogP contribution in [0.25, 0.3) is 0 Å². The van der Waals surface area contributed by atoms with Crippen molar-refractivity contribution in [3.8, 4) is 5.75 Å². The lowest BCUT2D eigenvalue weighted by atomic mass is 9.80. The average Bonchev–Trinajstić information content (AvgIpc) is 3.25. The molecule has 0 aliphatic heterocycles. The van der Waals surface area contributed by atoms with Gasteiger partial charge < -0.3 is 14.8 Å². The van der Waals surface area contributed by atoms with Crippen LogP contribution >= 0.6 is 0 Å². The Kier molecular flexibility index (Phi) is 3.85. The van der Waals surface area contributed by atoms with Gasteiger partial charge in [0.25, 0.3) is 0 Å². The fraction of sp³-hybridized carbons (Fsp3) is 0.357. The molecule has 1 heterocycles. The van der Waals surface area contributed by atoms with Crippen LogP contribution in [0.1, 0.15) is 18.9 Å². The van der Waals surface area contributed by atoms with Crippen LogP contribution in [0.3, 0.4) is 0 Å². The smallest absolute Gasteiger partial charge is 0.488 e. The lowest BCUT2D eigenvalue weighted by molar-refractivity contribution is 0.296. The van der Waals surface area contributed by atoms with Crippen LogP contribution in [-0.4, -0.2) is 32.9 Å². The third-order valence-electron chi connectivity index (χ3n) is 3.59. The second kappa shape index (κ2) is 5.79. The Bertz CT molecular complexity index is 658. The zero-order chi connectivity index (χ0) is 14.8. The number of nitrogens with zero attached hydrogens (tertiary/aromatic N) is 2. The largest absolute Gasteiger partial charge is 0.492 e. The predicted octanol–water partition coefficient (Wildman–Crippen LogP) is -0.257. The molecule has 0 radical (unpaired) electrons. The summed E-state index contributed by atoms with van der Waals surface area (Å²) in [4.78, 5) is 12.0. The second-order valence-electron chi connectivity index (χ2n) is 5.20. The van der Waals surface area contributed by atoms with E-state index in [1.807, 2.05) is 6.20 Å². The molecular formula is C14H17BN2O4. The Morgan fingerprint density at radius 1 is 1.19 bits per heavy atom. The highest BCUT2D eigenvalue weighted by Crippen LogP contribution is 2.33. The molecule has 7 heteroatoms. The zero-order valence-electron chi connectivity index (χ0n) is 11.6. The van der Waals surface area contributed by atoms with Crippen LogP contribution in [0.4, 0.5) is 0 Å². The number of rotatable bonds is 6. The van der Waals surface area contributed by atoms with E-state index in [2.05, 4.69) is 0 Å². The van der Waals surface area contributed by atoms with Crippen LogP contribution in [0.5, 0.6) is 5.75 Å². The molecule has 1 saturated carbocycles. The number of ether oxygens (including phenoxy) is 1. The van der Waals surface area contributed by atoms with Crippen molar-refractivity contribution in [2.45, 2.75) is 25.4 Å². The Balaban J connectivity index is 1.55. The molecule has 1 aromatic carbocycles. The molecule has 1 aliphatic carbocycles. The zero-order valence-corrected chi connectivity index (χ0v) is 11.6. The highest BCUT2D eigenvalue weighted by molar-refractivity contribution is 6.58. The van der Waals surface area contributed by atoms with Crippen molar-refractivity contribution in [3.63, 3.8) is 0 Å². The Morgan fingerprint density at radius 2 is 1.90 bits per heavy atom. The minimum atomic E-state index is -1.47. The van der Waals surface area contributed by atoms with Gasteiger partial charge in [0, 0.05) is 18.4 Å². The highest BCUT2D eigenvalue weighted by Gasteiger charge is 2.25. The summed E-state index contributed by atoms with van der Waals surface area (Å²) >= 11 is 0. The van der Waals surface area contributed by atoms with Gasteiger partial charge in [0.2, 0.25) is 0 Å². The summed E-state index contributed by atoms with van der Waals surface area (Å²) in [5.74, 6) is 0.633. The Labute approximate surface area is 122 Å². The number of aromatic nitrogens is 2. The summed E-state index contributed by atoms with van der Waals surface area (Å²) in [6.07, 6.45) is 5.79. The van der Waals surface area contributed by atoms with Gasteiger partial charge in [-0.2, -0.15) is 0 Å². The summed E-state index contributed by atoms with van der Waals surface area (Å²) in [6.45, 7) is 0.874. The van der Waals surface area contributed by atoms with Crippen molar-refractivity contribution in [2.24, 2.45) is 0 Å². The van der Waals surface area contributed by atoms with E-state index in [4.69, 9.17) is 14.8 Å². The van der Waals surface area contributed by atoms with E-state index in [-0.39, 0.29) is 5.69 Å². The maximum Gasteiger partial charge on any atom is 0.488 e. The summed E-state index contributed by atoms with van der Waals surface area (Å²) < 4.78 is 8.97. The number of benzene rings is 1. The average molecular weight is 288 g/mol. The first-order valence-electron chi connectivity index (χ1n) is 7.01. The van der Waals surface area contributed by atoms with Gasteiger partial charge in [-0.25, -0.2) is 4.79 Å². The van der Waals surface area contributed by atoms with Gasteiger partial charge in [0.05, 0.1) is 6.54 Å². The molecule has 2 N–H and O–H groups in total. The van der Waals surface area contributed by atoms with Crippen LogP contribution in [-0.2, 0) is 6.54 Å². The van der Waals surface area contributed by atoms with Gasteiger partial charge in [-0.05, 0) is 30.4 Å². The number of hydrogen-bond donors (Lipinski definition) is 2. The molecule has 0 unspecified atom stereocenters. The molecule has 0 saturated heterocycles. The molecular weight excluding hydrogens is 271 g/mol. The van der Waals surface area contributed by atoms with E-state index in [9.17, 15) is 4.79 Å². The van der Waals surface area contributed by atoms with Crippen LogP contribution in [0.15, 0.2) is 41.5 Å². The molecule has 0 spiro atoms. The molecule has 0 bridgehead atoms. The van der Waals surface area contributed by atoms with Gasteiger partial charge in [-0.3, -0.25) is 9.13 Å². The van der Waals surface area contributed by atoms with Crippen molar-refractivity contribution in [2.75, 3.05) is 6.61 Å². The predicted molar refractivity (Wildman–Crippen MR) is 78.7 cm³/mol. The van der Waals surface area contributed by atoms with E-state index in [0.717, 1.165) is 12.8 Å². The van der Waals surface area contributed by atoms with Gasteiger partial charge >= 0.3 is 12.8 Å². The molecule has 110 valence electrons. The third-order valence-corrected chi connectivity index (χ3v) is 3.59. The SMILES string of the molecule is O=c1n(CCOc2ccc(B(O)O)cc2)ccn1C1CC1. The van der Waals surface area contributed by atoms with Crippen LogP contribution in [0, 0.1) is 0 Å². The molecule has 6 nitrogen and oxygen atoms in total. The summed E-state index contributed by atoms with van der Waals surface area (Å²) in [5.41, 5.74) is 0.430. The fourth-order valence-corrected chi connectivity index (χ4v) is 2.23. The lowest BCUT2D eigenvalue weighted by Crippen LogP contribution is -2.29. The monoisotopic (exact) mass is 288 g/mol. The summed E-state index contributed by atoms with van der Waals surface area (Å²) in [6, 6.07) is 6.92. The molecule has 0 atom stereocenters. The molecule has 1 fully saturated rings. The van der Waals surface area contributed by atoms with Gasteiger partial charge in [-0.1, -0.05) is 12.1 Å². The van der Waals surface area contributed by atoms with Gasteiger partial charge in [0.15, 0.2) is 0 Å². The van der Waals surface area contributed by atoms with Crippen molar-refractivity contribution in [1.82, 2.24) is 9.13 Å². The molecule has 2 aromatic rings. The molecule has 21 heavy (non-hydrogen) atoms. The maximum absolute atomic E-state index is 12.0. The van der Waals surface area contributed by atoms with E-state index in [0.29, 0.717) is 30.4 Å². The van der Waals surface area contributed by atoms with Crippen molar-refractivity contribution in [3.05, 3.63) is 47.1 Å². The van der Waals surface area contributed by atoms with Crippen molar-refractivity contribution >= 4 is 12.6 Å². The van der Waals surface area contributed by atoms with Gasteiger partial charge in [-0.15, -0.1) is 0 Å². The normalized spacial score (nSPS) is 14.2. The minimum absolute atomic E-state index is 0.0138. The molecule has 3 rings (SSSR count). The highest BCUT2D eigenvalue weighted by atomic mass is 16.5. The standard InChI is InChI=1S/C14H17BN2O4/c18-14-16(7-8-17(14)12-3-4-12)9-10-21-13-5-1-11(2-6-13)15(19)20/h1-2,5-8,12,19-20H,3-4,9-10H2. The first-order chi connectivity index (χ1) is 10.1. The quantitative estimate of drug-likeness (QED) is 0.718. The minimum Gasteiger partial charge on any atom is -0.492 e. The van der Waals surface area contributed by atoms with Crippen molar-refractivity contribution in [1.29, 1.82) is 0 Å². The first-order valence-corrected chi connectivity index (χ1v) is 7.01. The number of imidazole rings is 1. The third kappa shape index (κ3) is 3.20. The Morgan fingerprint density at radius 3 is 2.52 bits per heavy atom. The van der Waals surface area contributed by atoms with Crippen molar-refractivity contribution < 1.29 is 14.8 Å². The second-order valence-corrected chi connectivity index (χ2v) is 5.20. The van der Waals surface area contributed by atoms with E-state index < -0.39 is 7.12 Å². The topological polar surface area (TPSA) is 76.6 Å². The van der Waals surface area contributed by atoms with E-state index in [1.165, 1.54) is 0 Å². The molecule has 1 aromatic heterocycles. The summed E-state index contributed by atoms with van der Waals surface area (Å²) in [5, 5.41) is 18.0. The first kappa shape index (κ1) is 14.0. The van der Waals surface area contributed by atoms with Crippen LogP contribution < -0.4 is 15.9 Å². The number of hydrogen-bond acceptors (Lipinski definition) is 4. The summed E-state index contributed by atoms with van der Waals surface area (Å²) in [7, 11) is -1.47. The lowest BCUT2D eigenvalue weighted by Gasteiger charge is -2.07. The van der Waals surface area contributed by atoms with E-state index >= 15 is 0 Å². The van der Waals surface area contributed by atoms with E-state index in [1.54, 1.807) is 39.6 Å². The van der Waals surface area contributed by atoms with Gasteiger partial charge in [0.1, 0.15) is 12.4 Å². The molecule has 0 amide bonds. The maximum atomic E-state index is 12.0. The molecule has 1 aliphatic rings. The Hall–Kier alpha value is -1.99. The van der Waals surface area contributed by atoms with Crippen LogP contribution in [0.2, 0.25) is 0 Å². The fourth-order valence-electron chi connectivity index (χ4n) is 2.23.